The average molecular weight is 288 g/mol. The van der Waals surface area contributed by atoms with Gasteiger partial charge in [0.25, 0.3) is 0 Å². The van der Waals surface area contributed by atoms with Crippen LogP contribution in [0.4, 0.5) is 5.82 Å². The van der Waals surface area contributed by atoms with Crippen LogP contribution in [0.25, 0.3) is 10.9 Å². The summed E-state index contributed by atoms with van der Waals surface area (Å²) < 4.78 is 1.07. The molecule has 15 heavy (non-hydrogen) atoms. The molecular formula is C11H12BrClN2. The highest BCUT2D eigenvalue weighted by Crippen LogP contribution is 2.22. The molecule has 0 spiro atoms. The Bertz CT molecular complexity index is 485. The van der Waals surface area contributed by atoms with Gasteiger partial charge in [0.1, 0.15) is 5.82 Å². The Morgan fingerprint density at radius 1 is 1.33 bits per heavy atom. The quantitative estimate of drug-likeness (QED) is 0.871. The zero-order valence-electron chi connectivity index (χ0n) is 8.33. The summed E-state index contributed by atoms with van der Waals surface area (Å²) in [4.78, 5) is 4.34. The van der Waals surface area contributed by atoms with E-state index in [-0.39, 0.29) is 12.4 Å². The van der Waals surface area contributed by atoms with Crippen molar-refractivity contribution in [3.05, 3.63) is 34.3 Å². The first-order valence-corrected chi connectivity index (χ1v) is 5.34. The Morgan fingerprint density at radius 2 is 2.07 bits per heavy atom. The number of rotatable bonds is 1. The summed E-state index contributed by atoms with van der Waals surface area (Å²) in [6, 6.07) is 8.10. The zero-order chi connectivity index (χ0) is 10.1. The minimum absolute atomic E-state index is 0. The molecule has 1 aromatic heterocycles. The largest absolute Gasteiger partial charge is 0.383 e. The van der Waals surface area contributed by atoms with E-state index < -0.39 is 0 Å². The van der Waals surface area contributed by atoms with Crippen molar-refractivity contribution in [2.24, 2.45) is 0 Å². The van der Waals surface area contributed by atoms with Gasteiger partial charge in [-0.25, -0.2) is 4.98 Å². The third-order valence-corrected chi connectivity index (χ3v) is 2.76. The zero-order valence-corrected chi connectivity index (χ0v) is 10.7. The summed E-state index contributed by atoms with van der Waals surface area (Å²) in [5.41, 5.74) is 7.87. The fourth-order valence-electron chi connectivity index (χ4n) is 1.49. The van der Waals surface area contributed by atoms with Gasteiger partial charge in [0, 0.05) is 9.86 Å². The minimum Gasteiger partial charge on any atom is -0.383 e. The smallest absolute Gasteiger partial charge is 0.127 e. The predicted octanol–water partition coefficient (Wildman–Crippen LogP) is 3.56. The normalized spacial score (nSPS) is 10.0. The summed E-state index contributed by atoms with van der Waals surface area (Å²) in [5, 5.41) is 1.13. The molecule has 0 radical (unpaired) electrons. The summed E-state index contributed by atoms with van der Waals surface area (Å²) in [6.45, 7) is 2.08. The second-order valence-electron chi connectivity index (χ2n) is 3.22. The molecule has 0 saturated carbocycles. The van der Waals surface area contributed by atoms with Crippen LogP contribution in [-0.4, -0.2) is 4.98 Å². The predicted molar refractivity (Wildman–Crippen MR) is 70.5 cm³/mol. The lowest BCUT2D eigenvalue weighted by atomic mass is 10.1. The monoisotopic (exact) mass is 286 g/mol. The molecule has 1 heterocycles. The molecule has 2 N–H and O–H groups in total. The Labute approximate surface area is 103 Å². The van der Waals surface area contributed by atoms with Crippen LogP contribution in [0.15, 0.2) is 28.7 Å². The number of hydrogen-bond donors (Lipinski definition) is 1. The van der Waals surface area contributed by atoms with Gasteiger partial charge in [-0.2, -0.15) is 0 Å². The number of anilines is 1. The SMILES string of the molecule is CCc1cc2cc(Br)ccc2nc1N.Cl. The summed E-state index contributed by atoms with van der Waals surface area (Å²) in [7, 11) is 0. The molecule has 0 aliphatic heterocycles. The molecule has 2 aromatic rings. The van der Waals surface area contributed by atoms with Crippen molar-refractivity contribution < 1.29 is 0 Å². The van der Waals surface area contributed by atoms with Crippen LogP contribution >= 0.6 is 28.3 Å². The van der Waals surface area contributed by atoms with Crippen molar-refractivity contribution in [2.45, 2.75) is 13.3 Å². The number of nitrogens with two attached hydrogens (primary N) is 1. The maximum absolute atomic E-state index is 5.81. The first-order valence-electron chi connectivity index (χ1n) is 4.55. The molecule has 0 saturated heterocycles. The van der Waals surface area contributed by atoms with Gasteiger partial charge in [0.15, 0.2) is 0 Å². The van der Waals surface area contributed by atoms with Crippen LogP contribution in [0, 0.1) is 0 Å². The van der Waals surface area contributed by atoms with Gasteiger partial charge in [0.2, 0.25) is 0 Å². The van der Waals surface area contributed by atoms with Gasteiger partial charge in [-0.3, -0.25) is 0 Å². The molecule has 1 aromatic carbocycles. The molecule has 0 aliphatic carbocycles. The van der Waals surface area contributed by atoms with Crippen molar-refractivity contribution in [3.8, 4) is 0 Å². The van der Waals surface area contributed by atoms with Crippen molar-refractivity contribution >= 4 is 45.1 Å². The van der Waals surface area contributed by atoms with Crippen LogP contribution in [0.1, 0.15) is 12.5 Å². The van der Waals surface area contributed by atoms with E-state index in [1.165, 1.54) is 0 Å². The summed E-state index contributed by atoms with van der Waals surface area (Å²) in [6.07, 6.45) is 0.918. The van der Waals surface area contributed by atoms with E-state index in [2.05, 4.69) is 40.0 Å². The van der Waals surface area contributed by atoms with Gasteiger partial charge in [0.05, 0.1) is 5.52 Å². The lowest BCUT2D eigenvalue weighted by Gasteiger charge is -2.04. The Balaban J connectivity index is 0.00000112. The van der Waals surface area contributed by atoms with E-state index in [0.717, 1.165) is 27.4 Å². The van der Waals surface area contributed by atoms with Gasteiger partial charge >= 0.3 is 0 Å². The number of fused-ring (bicyclic) bond motifs is 1. The molecule has 2 rings (SSSR count). The van der Waals surface area contributed by atoms with Crippen LogP contribution < -0.4 is 5.73 Å². The third-order valence-electron chi connectivity index (χ3n) is 2.27. The fraction of sp³-hybridized carbons (Fsp3) is 0.182. The standard InChI is InChI=1S/C11H11BrN2.ClH/c1-2-7-5-8-6-9(12)3-4-10(8)14-11(7)13;/h3-6H,2H2,1H3,(H2,13,14);1H. The summed E-state index contributed by atoms with van der Waals surface area (Å²) in [5.74, 6) is 0.641. The number of halogens is 2. The number of nitrogen functional groups attached to an aromatic ring is 1. The second-order valence-corrected chi connectivity index (χ2v) is 4.14. The minimum atomic E-state index is 0. The Morgan fingerprint density at radius 3 is 2.73 bits per heavy atom. The van der Waals surface area contributed by atoms with E-state index in [9.17, 15) is 0 Å². The Hall–Kier alpha value is -0.800. The topological polar surface area (TPSA) is 38.9 Å². The molecule has 0 atom stereocenters. The van der Waals surface area contributed by atoms with Gasteiger partial charge in [-0.05, 0) is 36.2 Å². The van der Waals surface area contributed by atoms with Gasteiger partial charge in [-0.15, -0.1) is 12.4 Å². The number of aryl methyl sites for hydroxylation is 1. The number of benzene rings is 1. The molecule has 0 bridgehead atoms. The third kappa shape index (κ3) is 2.41. The van der Waals surface area contributed by atoms with E-state index in [4.69, 9.17) is 5.73 Å². The highest BCUT2D eigenvalue weighted by molar-refractivity contribution is 9.10. The molecule has 4 heteroatoms. The average Bonchev–Trinajstić information content (AvgIpc) is 2.17. The fourth-order valence-corrected chi connectivity index (χ4v) is 1.87. The Kier molecular flexibility index (Phi) is 3.94. The molecule has 80 valence electrons. The first kappa shape index (κ1) is 12.3. The van der Waals surface area contributed by atoms with Crippen molar-refractivity contribution in [1.82, 2.24) is 4.98 Å². The van der Waals surface area contributed by atoms with Gasteiger partial charge < -0.3 is 5.73 Å². The number of nitrogens with zero attached hydrogens (tertiary/aromatic N) is 1. The molecule has 0 aliphatic rings. The highest BCUT2D eigenvalue weighted by atomic mass is 79.9. The highest BCUT2D eigenvalue weighted by Gasteiger charge is 2.02. The molecule has 0 unspecified atom stereocenters. The number of aromatic nitrogens is 1. The number of pyridine rings is 1. The van der Waals surface area contributed by atoms with E-state index in [0.29, 0.717) is 5.82 Å². The van der Waals surface area contributed by atoms with Gasteiger partial charge in [-0.1, -0.05) is 22.9 Å². The number of hydrogen-bond acceptors (Lipinski definition) is 2. The first-order chi connectivity index (χ1) is 6.70. The van der Waals surface area contributed by atoms with Crippen molar-refractivity contribution in [2.75, 3.05) is 5.73 Å². The van der Waals surface area contributed by atoms with E-state index >= 15 is 0 Å². The molecular weight excluding hydrogens is 275 g/mol. The van der Waals surface area contributed by atoms with E-state index in [1.807, 2.05) is 12.1 Å². The summed E-state index contributed by atoms with van der Waals surface area (Å²) >= 11 is 3.44. The maximum Gasteiger partial charge on any atom is 0.127 e. The van der Waals surface area contributed by atoms with Crippen LogP contribution in [0.3, 0.4) is 0 Å². The van der Waals surface area contributed by atoms with Crippen LogP contribution in [0.2, 0.25) is 0 Å². The lowest BCUT2D eigenvalue weighted by Crippen LogP contribution is -1.96. The van der Waals surface area contributed by atoms with Crippen molar-refractivity contribution in [1.29, 1.82) is 0 Å². The van der Waals surface area contributed by atoms with Crippen LogP contribution in [0.5, 0.6) is 0 Å². The van der Waals surface area contributed by atoms with Crippen molar-refractivity contribution in [3.63, 3.8) is 0 Å². The maximum atomic E-state index is 5.81. The lowest BCUT2D eigenvalue weighted by molar-refractivity contribution is 1.13. The second kappa shape index (κ2) is 4.81. The molecule has 0 amide bonds. The molecule has 2 nitrogen and oxygen atoms in total. The molecule has 0 fully saturated rings. The van der Waals surface area contributed by atoms with E-state index in [1.54, 1.807) is 0 Å². The van der Waals surface area contributed by atoms with Crippen LogP contribution in [-0.2, 0) is 6.42 Å².